The van der Waals surface area contributed by atoms with Crippen molar-refractivity contribution in [1.29, 1.82) is 0 Å². The summed E-state index contributed by atoms with van der Waals surface area (Å²) in [6.07, 6.45) is 6.80. The van der Waals surface area contributed by atoms with Crippen LogP contribution in [0.1, 0.15) is 17.2 Å². The molecule has 1 aliphatic rings. The van der Waals surface area contributed by atoms with Crippen LogP contribution in [-0.4, -0.2) is 59.5 Å². The Morgan fingerprint density at radius 3 is 2.41 bits per heavy atom. The van der Waals surface area contributed by atoms with E-state index < -0.39 is 11.8 Å². The van der Waals surface area contributed by atoms with Gasteiger partial charge in [0, 0.05) is 51.0 Å². The molecule has 1 aliphatic heterocycles. The third kappa shape index (κ3) is 5.57. The molecule has 142 valence electrons. The summed E-state index contributed by atoms with van der Waals surface area (Å²) < 4.78 is 5.41. The molecule has 1 unspecified atom stereocenters. The summed E-state index contributed by atoms with van der Waals surface area (Å²) in [5.74, 6) is -1.31. The molecular weight excluding hydrogens is 346 g/mol. The zero-order chi connectivity index (χ0) is 18.9. The number of pyridine rings is 2. The molecule has 0 aliphatic carbocycles. The summed E-state index contributed by atoms with van der Waals surface area (Å²) in [5, 5.41) is 5.34. The Labute approximate surface area is 158 Å². The third-order valence-corrected chi connectivity index (χ3v) is 4.39. The Balaban J connectivity index is 1.55. The fourth-order valence-electron chi connectivity index (χ4n) is 2.95. The number of amides is 2. The maximum absolute atomic E-state index is 12.2. The highest BCUT2D eigenvalue weighted by molar-refractivity contribution is 6.35. The van der Waals surface area contributed by atoms with E-state index in [0.717, 1.165) is 24.2 Å². The minimum absolute atomic E-state index is 0.0577. The van der Waals surface area contributed by atoms with Gasteiger partial charge in [0.15, 0.2) is 0 Å². The first kappa shape index (κ1) is 18.9. The summed E-state index contributed by atoms with van der Waals surface area (Å²) in [5.41, 5.74) is 1.83. The highest BCUT2D eigenvalue weighted by Gasteiger charge is 2.24. The fraction of sp³-hybridized carbons (Fsp3) is 0.368. The van der Waals surface area contributed by atoms with Crippen molar-refractivity contribution in [3.8, 4) is 0 Å². The molecule has 27 heavy (non-hydrogen) atoms. The van der Waals surface area contributed by atoms with Gasteiger partial charge in [-0.15, -0.1) is 0 Å². The van der Waals surface area contributed by atoms with Crippen LogP contribution >= 0.6 is 0 Å². The molecule has 0 spiro atoms. The maximum Gasteiger partial charge on any atom is 0.309 e. The Hall–Kier alpha value is -2.84. The lowest BCUT2D eigenvalue weighted by molar-refractivity contribution is -0.139. The summed E-state index contributed by atoms with van der Waals surface area (Å²) in [4.78, 5) is 34.6. The molecule has 2 aromatic heterocycles. The summed E-state index contributed by atoms with van der Waals surface area (Å²) in [6.45, 7) is 3.41. The standard InChI is InChI=1S/C19H23N5O3/c25-18(22-12-15-3-1-5-20-11-15)19(26)23-14-17(16-4-2-6-21-13-16)24-7-9-27-10-8-24/h1-6,11,13,17H,7-10,12,14H2,(H,22,25)(H,23,26). The van der Waals surface area contributed by atoms with Gasteiger partial charge >= 0.3 is 11.8 Å². The average molecular weight is 369 g/mol. The minimum atomic E-state index is -0.661. The van der Waals surface area contributed by atoms with Crippen molar-refractivity contribution in [2.24, 2.45) is 0 Å². The summed E-state index contributed by atoms with van der Waals surface area (Å²) >= 11 is 0. The van der Waals surface area contributed by atoms with E-state index in [-0.39, 0.29) is 12.6 Å². The van der Waals surface area contributed by atoms with Gasteiger partial charge in [-0.25, -0.2) is 0 Å². The molecular formula is C19H23N5O3. The van der Waals surface area contributed by atoms with E-state index in [1.807, 2.05) is 18.2 Å². The lowest BCUT2D eigenvalue weighted by atomic mass is 10.1. The number of hydrogen-bond donors (Lipinski definition) is 2. The summed E-state index contributed by atoms with van der Waals surface area (Å²) in [7, 11) is 0. The number of ether oxygens (including phenoxy) is 1. The molecule has 8 nitrogen and oxygen atoms in total. The van der Waals surface area contributed by atoms with Gasteiger partial charge in [0.2, 0.25) is 0 Å². The van der Waals surface area contributed by atoms with Gasteiger partial charge < -0.3 is 15.4 Å². The van der Waals surface area contributed by atoms with Gasteiger partial charge in [0.05, 0.1) is 19.3 Å². The second-order valence-corrected chi connectivity index (χ2v) is 6.20. The Morgan fingerprint density at radius 1 is 1.04 bits per heavy atom. The van der Waals surface area contributed by atoms with Crippen LogP contribution in [0.5, 0.6) is 0 Å². The molecule has 1 saturated heterocycles. The Morgan fingerprint density at radius 2 is 1.74 bits per heavy atom. The molecule has 1 atom stereocenters. The monoisotopic (exact) mass is 369 g/mol. The second-order valence-electron chi connectivity index (χ2n) is 6.20. The van der Waals surface area contributed by atoms with Crippen molar-refractivity contribution >= 4 is 11.8 Å². The maximum atomic E-state index is 12.2. The molecule has 2 amide bonds. The largest absolute Gasteiger partial charge is 0.379 e. The Kier molecular flexibility index (Phi) is 6.84. The van der Waals surface area contributed by atoms with Crippen molar-refractivity contribution < 1.29 is 14.3 Å². The van der Waals surface area contributed by atoms with Crippen LogP contribution in [0, 0.1) is 0 Å². The van der Waals surface area contributed by atoms with Crippen molar-refractivity contribution in [3.05, 3.63) is 60.2 Å². The van der Waals surface area contributed by atoms with Crippen LogP contribution in [0.3, 0.4) is 0 Å². The summed E-state index contributed by atoms with van der Waals surface area (Å²) in [6, 6.07) is 7.40. The molecule has 3 rings (SSSR count). The predicted molar refractivity (Wildman–Crippen MR) is 98.5 cm³/mol. The molecule has 0 saturated carbocycles. The number of carbonyl (C=O) groups excluding carboxylic acids is 2. The molecule has 0 radical (unpaired) electrons. The Bertz CT molecular complexity index is 736. The van der Waals surface area contributed by atoms with Gasteiger partial charge in [-0.3, -0.25) is 24.5 Å². The van der Waals surface area contributed by atoms with E-state index >= 15 is 0 Å². The first-order valence-corrected chi connectivity index (χ1v) is 8.90. The van der Waals surface area contributed by atoms with Crippen LogP contribution in [0.25, 0.3) is 0 Å². The van der Waals surface area contributed by atoms with Gasteiger partial charge in [-0.1, -0.05) is 12.1 Å². The smallest absolute Gasteiger partial charge is 0.309 e. The van der Waals surface area contributed by atoms with Crippen LogP contribution in [0.4, 0.5) is 0 Å². The van der Waals surface area contributed by atoms with Crippen LogP contribution in [0.15, 0.2) is 49.1 Å². The van der Waals surface area contributed by atoms with E-state index in [9.17, 15) is 9.59 Å². The first-order valence-electron chi connectivity index (χ1n) is 8.90. The predicted octanol–water partition coefficient (Wildman–Crippen LogP) is 0.283. The number of aromatic nitrogens is 2. The molecule has 3 heterocycles. The zero-order valence-electron chi connectivity index (χ0n) is 15.0. The van der Waals surface area contributed by atoms with Crippen molar-refractivity contribution in [3.63, 3.8) is 0 Å². The van der Waals surface area contributed by atoms with Crippen molar-refractivity contribution in [1.82, 2.24) is 25.5 Å². The SMILES string of the molecule is O=C(NCc1cccnc1)C(=O)NCC(c1cccnc1)N1CCOCC1. The van der Waals surface area contributed by atoms with Gasteiger partial charge in [-0.2, -0.15) is 0 Å². The number of nitrogens with zero attached hydrogens (tertiary/aromatic N) is 3. The van der Waals surface area contributed by atoms with Crippen LogP contribution in [-0.2, 0) is 20.9 Å². The van der Waals surface area contributed by atoms with Crippen LogP contribution in [0.2, 0.25) is 0 Å². The van der Waals surface area contributed by atoms with Gasteiger partial charge in [0.25, 0.3) is 0 Å². The molecule has 8 heteroatoms. The molecule has 2 N–H and O–H groups in total. The third-order valence-electron chi connectivity index (χ3n) is 4.39. The fourth-order valence-corrected chi connectivity index (χ4v) is 2.95. The van der Waals surface area contributed by atoms with Crippen LogP contribution < -0.4 is 10.6 Å². The molecule has 1 fully saturated rings. The first-order chi connectivity index (χ1) is 13.2. The van der Waals surface area contributed by atoms with E-state index in [4.69, 9.17) is 4.74 Å². The molecule has 0 bridgehead atoms. The van der Waals surface area contributed by atoms with Gasteiger partial charge in [0.1, 0.15) is 0 Å². The van der Waals surface area contributed by atoms with Crippen molar-refractivity contribution in [2.45, 2.75) is 12.6 Å². The lowest BCUT2D eigenvalue weighted by Gasteiger charge is -2.34. The topological polar surface area (TPSA) is 96.5 Å². The normalized spacial score (nSPS) is 15.7. The number of hydrogen-bond acceptors (Lipinski definition) is 6. The zero-order valence-corrected chi connectivity index (χ0v) is 15.0. The van der Waals surface area contributed by atoms with E-state index in [1.54, 1.807) is 30.9 Å². The average Bonchev–Trinajstić information content (AvgIpc) is 2.74. The van der Waals surface area contributed by atoms with E-state index in [0.29, 0.717) is 19.8 Å². The number of rotatable bonds is 6. The molecule has 0 aromatic carbocycles. The lowest BCUT2D eigenvalue weighted by Crippen LogP contribution is -2.46. The molecule has 2 aromatic rings. The van der Waals surface area contributed by atoms with E-state index in [1.165, 1.54) is 0 Å². The number of nitrogens with one attached hydrogen (secondary N) is 2. The van der Waals surface area contributed by atoms with E-state index in [2.05, 4.69) is 25.5 Å². The quantitative estimate of drug-likeness (QED) is 0.710. The minimum Gasteiger partial charge on any atom is -0.379 e. The highest BCUT2D eigenvalue weighted by atomic mass is 16.5. The van der Waals surface area contributed by atoms with Gasteiger partial charge in [-0.05, 0) is 23.3 Å². The number of morpholine rings is 1. The number of carbonyl (C=O) groups is 2. The van der Waals surface area contributed by atoms with Crippen molar-refractivity contribution in [2.75, 3.05) is 32.8 Å². The highest BCUT2D eigenvalue weighted by Crippen LogP contribution is 2.20. The second kappa shape index (κ2) is 9.75.